The topological polar surface area (TPSA) is 122 Å². The second-order valence-electron chi connectivity index (χ2n) is 12.2. The van der Waals surface area contributed by atoms with Crippen LogP contribution in [0.15, 0.2) is 64.2 Å². The van der Waals surface area contributed by atoms with Crippen molar-refractivity contribution in [3.63, 3.8) is 0 Å². The van der Waals surface area contributed by atoms with Crippen molar-refractivity contribution in [1.82, 2.24) is 9.88 Å². The maximum Gasteiger partial charge on any atom is 0.416 e. The molecule has 0 spiro atoms. The predicted molar refractivity (Wildman–Crippen MR) is 157 cm³/mol. The smallest absolute Gasteiger partial charge is 0.416 e. The first-order chi connectivity index (χ1) is 21.2. The first kappa shape index (κ1) is 30.6. The molecule has 14 heteroatoms. The Morgan fingerprint density at radius 3 is 2.76 bits per heavy atom. The number of ether oxygens (including phenoxy) is 1. The average molecular weight is 627 g/mol. The van der Waals surface area contributed by atoms with Crippen molar-refractivity contribution in [3.8, 4) is 5.75 Å². The second kappa shape index (κ2) is 10.9. The number of nitrogens with two attached hydrogens (primary N) is 1. The summed E-state index contributed by atoms with van der Waals surface area (Å²) in [5.41, 5.74) is -0.291. The van der Waals surface area contributed by atoms with Crippen LogP contribution in [-0.2, 0) is 11.0 Å². The summed E-state index contributed by atoms with van der Waals surface area (Å²) in [4.78, 5) is 40.8. The van der Waals surface area contributed by atoms with E-state index >= 15 is 4.39 Å². The van der Waals surface area contributed by atoms with Crippen molar-refractivity contribution < 1.29 is 36.5 Å². The van der Waals surface area contributed by atoms with E-state index in [9.17, 15) is 22.8 Å². The Hall–Kier alpha value is -4.43. The predicted octanol–water partition coefficient (Wildman–Crippen LogP) is 5.15. The van der Waals surface area contributed by atoms with Crippen LogP contribution in [0.25, 0.3) is 0 Å². The summed E-state index contributed by atoms with van der Waals surface area (Å²) in [7, 11) is 0. The zero-order valence-electron chi connectivity index (χ0n) is 24.9. The number of halogens is 4. The lowest BCUT2D eigenvalue weighted by molar-refractivity contribution is -0.750. The average Bonchev–Trinajstić information content (AvgIpc) is 3.41. The molecule has 2 aromatic rings. The van der Waals surface area contributed by atoms with E-state index in [1.165, 1.54) is 12.3 Å². The number of anilines is 1. The van der Waals surface area contributed by atoms with Gasteiger partial charge in [-0.3, -0.25) is 14.6 Å². The van der Waals surface area contributed by atoms with E-state index in [0.29, 0.717) is 30.4 Å². The number of carbonyl (C=O) groups excluding carboxylic acids is 2. The molecule has 2 amide bonds. The fraction of sp³-hybridized carbons (Fsp3) is 0.387. The van der Waals surface area contributed by atoms with Crippen molar-refractivity contribution in [2.45, 2.75) is 52.3 Å². The van der Waals surface area contributed by atoms with Gasteiger partial charge in [0.25, 0.3) is 11.7 Å². The summed E-state index contributed by atoms with van der Waals surface area (Å²) in [6.07, 6.45) is 2.90. The van der Waals surface area contributed by atoms with Crippen molar-refractivity contribution in [2.24, 2.45) is 27.2 Å². The van der Waals surface area contributed by atoms with Crippen LogP contribution in [0, 0.1) is 17.2 Å². The first-order valence-electron chi connectivity index (χ1n) is 14.6. The Balaban J connectivity index is 1.35. The van der Waals surface area contributed by atoms with Gasteiger partial charge in [-0.2, -0.15) is 24.0 Å². The number of benzene rings is 1. The zero-order chi connectivity index (χ0) is 32.3. The minimum Gasteiger partial charge on any atom is -0.493 e. The molecule has 5 heterocycles. The number of hydrogen-bond donors (Lipinski definition) is 2. The molecule has 2 fully saturated rings. The van der Waals surface area contributed by atoms with Gasteiger partial charge < -0.3 is 15.0 Å². The molecule has 45 heavy (non-hydrogen) atoms. The highest BCUT2D eigenvalue weighted by molar-refractivity contribution is 6.07. The first-order valence-corrected chi connectivity index (χ1v) is 14.6. The maximum absolute atomic E-state index is 16.1. The van der Waals surface area contributed by atoms with Gasteiger partial charge in [-0.1, -0.05) is 13.8 Å². The van der Waals surface area contributed by atoms with Crippen LogP contribution in [0.3, 0.4) is 0 Å². The van der Waals surface area contributed by atoms with E-state index in [1.807, 2.05) is 4.90 Å². The standard InChI is InChI=1S/C31H31F4N7O3/c1-4-45-22-12-18(29(44)39-24-13-19(7-8-38-24)31(33,34)35)11-20(32)26(22)28-40-27(21-15-37-9-10-42(21,28)36)17-5-6-23-30(2,3)14-25(43)41(23)16-17/h7-13,15,17,23H,4-6,14,16,36H2,1-3H3/p+1/t17-,23+,42?/m1/s1. The molecule has 1 aromatic heterocycles. The molecule has 4 aliphatic heterocycles. The van der Waals surface area contributed by atoms with Crippen LogP contribution < -0.4 is 15.9 Å². The number of aliphatic imine (C=N–C) groups is 2. The number of quaternary nitrogens is 1. The van der Waals surface area contributed by atoms with Gasteiger partial charge in [0.05, 0.1) is 24.6 Å². The Labute approximate surface area is 256 Å². The highest BCUT2D eigenvalue weighted by Gasteiger charge is 2.52. The number of pyridine rings is 1. The van der Waals surface area contributed by atoms with Gasteiger partial charge in [-0.25, -0.2) is 9.37 Å². The van der Waals surface area contributed by atoms with Crippen molar-refractivity contribution >= 4 is 29.7 Å². The molecule has 0 bridgehead atoms. The molecule has 236 valence electrons. The van der Waals surface area contributed by atoms with Gasteiger partial charge >= 0.3 is 6.18 Å². The van der Waals surface area contributed by atoms with E-state index in [0.717, 1.165) is 31.2 Å². The number of allylic oxidation sites excluding steroid dienone is 1. The zero-order valence-corrected chi connectivity index (χ0v) is 24.9. The molecule has 3 N–H and O–H groups in total. The second-order valence-corrected chi connectivity index (χ2v) is 12.2. The summed E-state index contributed by atoms with van der Waals surface area (Å²) < 4.78 is 60.8. The highest BCUT2D eigenvalue weighted by Crippen LogP contribution is 2.46. The van der Waals surface area contributed by atoms with Gasteiger partial charge in [0, 0.05) is 36.7 Å². The Morgan fingerprint density at radius 1 is 1.24 bits per heavy atom. The van der Waals surface area contributed by atoms with Crippen LogP contribution >= 0.6 is 0 Å². The molecule has 10 nitrogen and oxygen atoms in total. The summed E-state index contributed by atoms with van der Waals surface area (Å²) in [6, 6.07) is 3.82. The SMILES string of the molecule is CCOc1cc(C(=O)Nc2cc(C(F)(F)F)ccn2)cc(F)c1C1=NC([C@@H]2CC[C@@H]3N(C2)C(=O)CC3(C)C)=C2C=NC=C[N+]12N. The fourth-order valence-corrected chi connectivity index (χ4v) is 6.62. The number of amides is 2. The Bertz CT molecular complexity index is 1710. The molecule has 6 rings (SSSR count). The minimum absolute atomic E-state index is 0.0296. The largest absolute Gasteiger partial charge is 0.493 e. The van der Waals surface area contributed by atoms with E-state index in [1.54, 1.807) is 19.3 Å². The van der Waals surface area contributed by atoms with Crippen LogP contribution in [0.2, 0.25) is 0 Å². The fourth-order valence-electron chi connectivity index (χ4n) is 6.62. The van der Waals surface area contributed by atoms with Gasteiger partial charge in [0.2, 0.25) is 11.6 Å². The third kappa shape index (κ3) is 5.31. The molecular formula is C31H32F4N7O3+. The number of aromatic nitrogens is 1. The lowest BCUT2D eigenvalue weighted by Crippen LogP contribution is -2.53. The molecule has 2 saturated heterocycles. The van der Waals surface area contributed by atoms with Crippen molar-refractivity contribution in [1.29, 1.82) is 0 Å². The van der Waals surface area contributed by atoms with E-state index in [-0.39, 0.29) is 58.4 Å². The molecule has 1 aromatic carbocycles. The number of carbonyl (C=O) groups is 2. The number of piperidine rings is 1. The lowest BCUT2D eigenvalue weighted by Gasteiger charge is -2.39. The van der Waals surface area contributed by atoms with Crippen LogP contribution in [0.4, 0.5) is 23.4 Å². The minimum atomic E-state index is -4.64. The number of fused-ring (bicyclic) bond motifs is 2. The van der Waals surface area contributed by atoms with Gasteiger partial charge in [0.15, 0.2) is 0 Å². The maximum atomic E-state index is 16.1. The van der Waals surface area contributed by atoms with Crippen LogP contribution in [0.1, 0.15) is 61.5 Å². The highest BCUT2D eigenvalue weighted by atomic mass is 19.4. The van der Waals surface area contributed by atoms with E-state index in [2.05, 4.69) is 29.1 Å². The third-order valence-corrected chi connectivity index (χ3v) is 8.79. The molecule has 0 saturated carbocycles. The van der Waals surface area contributed by atoms with Crippen molar-refractivity contribution in [3.05, 3.63) is 76.8 Å². The van der Waals surface area contributed by atoms with Gasteiger partial charge in [-0.05, 0) is 49.4 Å². The summed E-state index contributed by atoms with van der Waals surface area (Å²) in [5, 5.41) is 2.29. The van der Waals surface area contributed by atoms with Crippen molar-refractivity contribution in [2.75, 3.05) is 18.5 Å². The molecule has 1 unspecified atom stereocenters. The number of amidine groups is 1. The number of alkyl halides is 3. The van der Waals surface area contributed by atoms with Gasteiger partial charge in [-0.15, -0.1) is 4.59 Å². The van der Waals surface area contributed by atoms with Crippen LogP contribution in [-0.4, -0.2) is 57.5 Å². The van der Waals surface area contributed by atoms with Crippen LogP contribution in [0.5, 0.6) is 5.75 Å². The monoisotopic (exact) mass is 626 g/mol. The summed E-state index contributed by atoms with van der Waals surface area (Å²) in [5.74, 6) is 4.76. The normalized spacial score (nSPS) is 25.3. The van der Waals surface area contributed by atoms with Gasteiger partial charge in [0.1, 0.15) is 34.8 Å². The third-order valence-electron chi connectivity index (χ3n) is 8.79. The molecular weight excluding hydrogens is 594 g/mol. The Morgan fingerprint density at radius 2 is 2.02 bits per heavy atom. The molecule has 0 radical (unpaired) electrons. The molecule has 3 atom stereocenters. The summed E-state index contributed by atoms with van der Waals surface area (Å²) in [6.45, 7) is 6.43. The Kier molecular flexibility index (Phi) is 7.39. The number of nitrogens with one attached hydrogen (secondary N) is 1. The number of hydrogen-bond acceptors (Lipinski definition) is 7. The molecule has 4 aliphatic rings. The van der Waals surface area contributed by atoms with E-state index < -0.39 is 28.1 Å². The quantitative estimate of drug-likeness (QED) is 0.261. The van der Waals surface area contributed by atoms with E-state index in [4.69, 9.17) is 15.6 Å². The number of nitrogens with zero attached hydrogens (tertiary/aromatic N) is 5. The summed E-state index contributed by atoms with van der Waals surface area (Å²) >= 11 is 0. The molecule has 0 aliphatic carbocycles. The lowest BCUT2D eigenvalue weighted by atomic mass is 9.78. The number of rotatable bonds is 6.